The molecule has 1 aliphatic rings. The molecule has 0 saturated heterocycles. The van der Waals surface area contributed by atoms with Gasteiger partial charge in [0.05, 0.1) is 21.9 Å². The van der Waals surface area contributed by atoms with Crippen LogP contribution in [0, 0.1) is 0 Å². The lowest BCUT2D eigenvalue weighted by Crippen LogP contribution is -2.14. The predicted octanol–water partition coefficient (Wildman–Crippen LogP) is 6.19. The minimum absolute atomic E-state index is 0.0282. The summed E-state index contributed by atoms with van der Waals surface area (Å²) in [5.74, 6) is 1.92. The van der Waals surface area contributed by atoms with Gasteiger partial charge in [-0.05, 0) is 67.6 Å². The number of amides is 1. The van der Waals surface area contributed by atoms with Crippen LogP contribution in [0.2, 0.25) is 10.0 Å². The number of carbonyl (C=O) groups excluding carboxylic acids is 1. The number of nitrogens with one attached hydrogen (secondary N) is 1. The molecule has 0 radical (unpaired) electrons. The minimum atomic E-state index is -0.0282. The van der Waals surface area contributed by atoms with Crippen molar-refractivity contribution in [2.45, 2.75) is 37.5 Å². The molecule has 0 unspecified atom stereocenters. The molecule has 2 aromatic rings. The van der Waals surface area contributed by atoms with Crippen LogP contribution in [0.25, 0.3) is 0 Å². The van der Waals surface area contributed by atoms with E-state index in [0.29, 0.717) is 27.7 Å². The number of carbonyl (C=O) groups is 1. The highest BCUT2D eigenvalue weighted by Gasteiger charge is 2.16. The summed E-state index contributed by atoms with van der Waals surface area (Å²) < 4.78 is 5.93. The Morgan fingerprint density at radius 1 is 1.08 bits per heavy atom. The van der Waals surface area contributed by atoms with Crippen LogP contribution in [0.15, 0.2) is 42.5 Å². The second-order valence-corrected chi connectivity index (χ2v) is 8.14. The van der Waals surface area contributed by atoms with Crippen LogP contribution in [0.5, 0.6) is 5.75 Å². The Morgan fingerprint density at radius 2 is 1.81 bits per heavy atom. The molecule has 1 aliphatic carbocycles. The molecule has 1 amide bonds. The van der Waals surface area contributed by atoms with E-state index in [1.54, 1.807) is 6.07 Å². The van der Waals surface area contributed by atoms with Gasteiger partial charge < -0.3 is 10.1 Å². The molecular formula is C20H21Cl2NO2S. The van der Waals surface area contributed by atoms with Crippen molar-refractivity contribution in [1.82, 2.24) is 0 Å². The summed E-state index contributed by atoms with van der Waals surface area (Å²) in [6.45, 7) is 0. The summed E-state index contributed by atoms with van der Waals surface area (Å²) in [6.07, 6.45) is 5.11. The summed E-state index contributed by atoms with van der Waals surface area (Å²) in [4.78, 5) is 12.1. The number of rotatable bonds is 7. The molecule has 1 N–H and O–H groups in total. The third-order valence-corrected chi connectivity index (χ3v) is 5.97. The number of halogens is 2. The maximum Gasteiger partial charge on any atom is 0.234 e. The number of hydrogen-bond acceptors (Lipinski definition) is 3. The third-order valence-electron chi connectivity index (χ3n) is 4.23. The van der Waals surface area contributed by atoms with E-state index < -0.39 is 0 Å². The van der Waals surface area contributed by atoms with Crippen LogP contribution in [0.4, 0.5) is 5.69 Å². The summed E-state index contributed by atoms with van der Waals surface area (Å²) in [6, 6.07) is 13.1. The van der Waals surface area contributed by atoms with Gasteiger partial charge in [-0.2, -0.15) is 0 Å². The molecule has 1 fully saturated rings. The first-order valence-corrected chi connectivity index (χ1v) is 10.6. The molecule has 0 aromatic heterocycles. The lowest BCUT2D eigenvalue weighted by Gasteiger charge is -2.13. The van der Waals surface area contributed by atoms with Gasteiger partial charge in [0.25, 0.3) is 0 Å². The zero-order valence-corrected chi connectivity index (χ0v) is 16.7. The van der Waals surface area contributed by atoms with Crippen LogP contribution in [0.3, 0.4) is 0 Å². The van der Waals surface area contributed by atoms with E-state index in [2.05, 4.69) is 5.32 Å². The molecule has 3 nitrogen and oxygen atoms in total. The highest BCUT2D eigenvalue weighted by molar-refractivity contribution is 7.99. The van der Waals surface area contributed by atoms with Crippen molar-refractivity contribution in [2.24, 2.45) is 0 Å². The largest absolute Gasteiger partial charge is 0.490 e. The molecule has 0 bridgehead atoms. The first kappa shape index (κ1) is 19.4. The van der Waals surface area contributed by atoms with Crippen LogP contribution < -0.4 is 10.1 Å². The number of thioether (sulfide) groups is 1. The summed E-state index contributed by atoms with van der Waals surface area (Å²) in [5.41, 5.74) is 1.83. The smallest absolute Gasteiger partial charge is 0.234 e. The lowest BCUT2D eigenvalue weighted by molar-refractivity contribution is -0.113. The number of benzene rings is 2. The molecule has 0 spiro atoms. The molecular weight excluding hydrogens is 389 g/mol. The van der Waals surface area contributed by atoms with Crippen molar-refractivity contribution in [1.29, 1.82) is 0 Å². The van der Waals surface area contributed by atoms with Crippen molar-refractivity contribution < 1.29 is 9.53 Å². The van der Waals surface area contributed by atoms with Crippen molar-refractivity contribution >= 4 is 46.6 Å². The van der Waals surface area contributed by atoms with Gasteiger partial charge in [-0.3, -0.25) is 4.79 Å². The maximum absolute atomic E-state index is 12.1. The van der Waals surface area contributed by atoms with Gasteiger partial charge in [-0.25, -0.2) is 0 Å². The molecule has 138 valence electrons. The van der Waals surface area contributed by atoms with Gasteiger partial charge in [0.2, 0.25) is 5.91 Å². The average Bonchev–Trinajstić information content (AvgIpc) is 3.13. The summed E-state index contributed by atoms with van der Waals surface area (Å²) in [7, 11) is 0. The topological polar surface area (TPSA) is 38.3 Å². The normalized spacial score (nSPS) is 14.4. The SMILES string of the molecule is O=C(CSCc1ccc(Cl)c(Cl)c1)Nc1ccc(OC2CCCC2)cc1. The molecule has 3 rings (SSSR count). The van der Waals surface area contributed by atoms with E-state index in [-0.39, 0.29) is 5.91 Å². The second kappa shape index (κ2) is 9.54. The van der Waals surface area contributed by atoms with Crippen LogP contribution in [0.1, 0.15) is 31.2 Å². The Kier molecular flexibility index (Phi) is 7.12. The number of ether oxygens (including phenoxy) is 1. The molecule has 0 heterocycles. The van der Waals surface area contributed by atoms with Gasteiger partial charge in [-0.15, -0.1) is 11.8 Å². The molecule has 26 heavy (non-hydrogen) atoms. The third kappa shape index (κ3) is 5.83. The Labute approximate surface area is 168 Å². The number of hydrogen-bond donors (Lipinski definition) is 1. The monoisotopic (exact) mass is 409 g/mol. The minimum Gasteiger partial charge on any atom is -0.490 e. The van der Waals surface area contributed by atoms with E-state index >= 15 is 0 Å². The molecule has 0 aliphatic heterocycles. The first-order valence-electron chi connectivity index (χ1n) is 8.68. The van der Waals surface area contributed by atoms with Crippen LogP contribution >= 0.6 is 35.0 Å². The van der Waals surface area contributed by atoms with Gasteiger partial charge in [0, 0.05) is 11.4 Å². The van der Waals surface area contributed by atoms with E-state index in [1.165, 1.54) is 24.6 Å². The van der Waals surface area contributed by atoms with E-state index in [1.807, 2.05) is 36.4 Å². The van der Waals surface area contributed by atoms with Crippen molar-refractivity contribution in [2.75, 3.05) is 11.1 Å². The maximum atomic E-state index is 12.1. The Morgan fingerprint density at radius 3 is 2.50 bits per heavy atom. The quantitative estimate of drug-likeness (QED) is 0.592. The molecule has 2 aromatic carbocycles. The van der Waals surface area contributed by atoms with E-state index in [0.717, 1.165) is 29.8 Å². The average molecular weight is 410 g/mol. The Bertz CT molecular complexity index is 746. The van der Waals surface area contributed by atoms with Crippen molar-refractivity contribution in [3.05, 3.63) is 58.1 Å². The predicted molar refractivity (Wildman–Crippen MR) is 111 cm³/mol. The second-order valence-electron chi connectivity index (χ2n) is 6.34. The van der Waals surface area contributed by atoms with Crippen molar-refractivity contribution in [3.63, 3.8) is 0 Å². The van der Waals surface area contributed by atoms with Gasteiger partial charge >= 0.3 is 0 Å². The van der Waals surface area contributed by atoms with Gasteiger partial charge in [-0.1, -0.05) is 29.3 Å². The molecule has 6 heteroatoms. The summed E-state index contributed by atoms with van der Waals surface area (Å²) in [5, 5.41) is 3.98. The highest BCUT2D eigenvalue weighted by Crippen LogP contribution is 2.26. The van der Waals surface area contributed by atoms with Gasteiger partial charge in [0.15, 0.2) is 0 Å². The van der Waals surface area contributed by atoms with Crippen LogP contribution in [-0.4, -0.2) is 17.8 Å². The fraction of sp³-hybridized carbons (Fsp3) is 0.350. The fourth-order valence-electron chi connectivity index (χ4n) is 2.90. The standard InChI is InChI=1S/C20H21Cl2NO2S/c21-18-10-5-14(11-19(18)22)12-26-13-20(24)23-15-6-8-17(9-7-15)25-16-3-1-2-4-16/h5-11,16H,1-4,12-13H2,(H,23,24). The van der Waals surface area contributed by atoms with Gasteiger partial charge in [0.1, 0.15) is 5.75 Å². The molecule has 1 saturated carbocycles. The Hall–Kier alpha value is -1.36. The zero-order chi connectivity index (χ0) is 18.4. The van der Waals surface area contributed by atoms with E-state index in [4.69, 9.17) is 27.9 Å². The first-order chi connectivity index (χ1) is 12.6. The number of anilines is 1. The summed E-state index contributed by atoms with van der Waals surface area (Å²) >= 11 is 13.4. The fourth-order valence-corrected chi connectivity index (χ4v) is 4.00. The Balaban J connectivity index is 1.41. The van der Waals surface area contributed by atoms with Crippen molar-refractivity contribution in [3.8, 4) is 5.75 Å². The van der Waals surface area contributed by atoms with E-state index in [9.17, 15) is 4.79 Å². The zero-order valence-electron chi connectivity index (χ0n) is 14.3. The van der Waals surface area contributed by atoms with Crippen LogP contribution in [-0.2, 0) is 10.5 Å². The highest BCUT2D eigenvalue weighted by atomic mass is 35.5. The molecule has 0 atom stereocenters. The lowest BCUT2D eigenvalue weighted by atomic mass is 10.2.